The minimum Gasteiger partial charge on any atom is -0.352 e. The molecule has 0 bridgehead atoms. The van der Waals surface area contributed by atoms with Gasteiger partial charge in [-0.1, -0.05) is 42.5 Å². The Kier molecular flexibility index (Phi) is 5.60. The van der Waals surface area contributed by atoms with E-state index in [1.807, 2.05) is 23.1 Å². The van der Waals surface area contributed by atoms with Crippen molar-refractivity contribution in [3.8, 4) is 0 Å². The minimum atomic E-state index is -0.197. The Labute approximate surface area is 152 Å². The van der Waals surface area contributed by atoms with Crippen LogP contribution in [0, 0.1) is 10.6 Å². The Bertz CT molecular complexity index is 804. The van der Waals surface area contributed by atoms with Crippen LogP contribution in [0.25, 0.3) is 0 Å². The average Bonchev–Trinajstić information content (AvgIpc) is 2.99. The highest BCUT2D eigenvalue weighted by Crippen LogP contribution is 2.18. The third-order valence-corrected chi connectivity index (χ3v) is 4.76. The van der Waals surface area contributed by atoms with Gasteiger partial charge in [0.1, 0.15) is 4.64 Å². The summed E-state index contributed by atoms with van der Waals surface area (Å²) in [6.45, 7) is 1.89. The van der Waals surface area contributed by atoms with Gasteiger partial charge in [0.15, 0.2) is 0 Å². The lowest BCUT2D eigenvalue weighted by Gasteiger charge is -2.17. The molecule has 2 heterocycles. The molecule has 0 spiro atoms. The van der Waals surface area contributed by atoms with E-state index in [4.69, 9.17) is 12.2 Å². The topological polar surface area (TPSA) is 65.2 Å². The first-order valence-electron chi connectivity index (χ1n) is 8.41. The van der Waals surface area contributed by atoms with Crippen LogP contribution < -0.4 is 5.32 Å². The van der Waals surface area contributed by atoms with Crippen molar-refractivity contribution in [3.05, 3.63) is 64.4 Å². The molecule has 0 saturated carbocycles. The van der Waals surface area contributed by atoms with Crippen LogP contribution in [-0.4, -0.2) is 41.3 Å². The van der Waals surface area contributed by atoms with E-state index in [0.29, 0.717) is 29.7 Å². The van der Waals surface area contributed by atoms with Crippen molar-refractivity contribution in [2.75, 3.05) is 19.6 Å². The van der Waals surface area contributed by atoms with Crippen LogP contribution >= 0.6 is 12.2 Å². The maximum Gasteiger partial charge on any atom is 0.254 e. The predicted molar refractivity (Wildman–Crippen MR) is 98.8 cm³/mol. The van der Waals surface area contributed by atoms with Crippen molar-refractivity contribution in [2.24, 2.45) is 5.92 Å². The number of H-pyrrole nitrogens is 1. The van der Waals surface area contributed by atoms with Crippen LogP contribution in [0.1, 0.15) is 22.3 Å². The number of nitrogens with one attached hydrogen (secondary N) is 2. The summed E-state index contributed by atoms with van der Waals surface area (Å²) in [5.41, 5.74) is 1.69. The van der Waals surface area contributed by atoms with E-state index in [1.165, 1.54) is 5.56 Å². The molecule has 1 fully saturated rings. The fourth-order valence-corrected chi connectivity index (χ4v) is 3.28. The van der Waals surface area contributed by atoms with Gasteiger partial charge in [-0.15, -0.1) is 0 Å². The summed E-state index contributed by atoms with van der Waals surface area (Å²) in [6, 6.07) is 13.6. The second-order valence-corrected chi connectivity index (χ2v) is 6.68. The lowest BCUT2D eigenvalue weighted by molar-refractivity contribution is -0.127. The molecule has 25 heavy (non-hydrogen) atoms. The van der Waals surface area contributed by atoms with E-state index >= 15 is 0 Å². The zero-order valence-corrected chi connectivity index (χ0v) is 14.7. The minimum absolute atomic E-state index is 0.147. The van der Waals surface area contributed by atoms with Gasteiger partial charge in [0.2, 0.25) is 5.91 Å². The largest absolute Gasteiger partial charge is 0.352 e. The van der Waals surface area contributed by atoms with Gasteiger partial charge < -0.3 is 15.2 Å². The molecule has 2 N–H and O–H groups in total. The standard InChI is InChI=1S/C19H21N3O2S/c23-17-11-15(12-21-18(24)16-7-4-9-20-19(16)25)13-22(17)10-8-14-5-2-1-3-6-14/h1-7,9,15H,8,10-13H2,(H,20,25)(H,21,24)/t15-/m1/s1. The molecule has 1 atom stereocenters. The van der Waals surface area contributed by atoms with Crippen molar-refractivity contribution >= 4 is 24.0 Å². The van der Waals surface area contributed by atoms with Crippen molar-refractivity contribution in [2.45, 2.75) is 12.8 Å². The summed E-state index contributed by atoms with van der Waals surface area (Å²) in [4.78, 5) is 29.1. The van der Waals surface area contributed by atoms with E-state index in [-0.39, 0.29) is 17.7 Å². The number of hydrogen-bond donors (Lipinski definition) is 2. The molecule has 6 heteroatoms. The molecular weight excluding hydrogens is 334 g/mol. The number of aromatic nitrogens is 1. The molecule has 1 aliphatic rings. The van der Waals surface area contributed by atoms with Crippen molar-refractivity contribution in [1.29, 1.82) is 0 Å². The molecular formula is C19H21N3O2S. The first-order valence-corrected chi connectivity index (χ1v) is 8.82. The van der Waals surface area contributed by atoms with E-state index in [2.05, 4.69) is 22.4 Å². The highest BCUT2D eigenvalue weighted by Gasteiger charge is 2.29. The van der Waals surface area contributed by atoms with Crippen molar-refractivity contribution in [3.63, 3.8) is 0 Å². The number of pyridine rings is 1. The van der Waals surface area contributed by atoms with Crippen LogP contribution in [-0.2, 0) is 11.2 Å². The second-order valence-electron chi connectivity index (χ2n) is 6.27. The molecule has 2 aromatic rings. The first kappa shape index (κ1) is 17.4. The first-order chi connectivity index (χ1) is 12.1. The van der Waals surface area contributed by atoms with Gasteiger partial charge in [0.05, 0.1) is 5.56 Å². The Morgan fingerprint density at radius 1 is 1.24 bits per heavy atom. The molecule has 1 aromatic heterocycles. The highest BCUT2D eigenvalue weighted by molar-refractivity contribution is 7.71. The number of amides is 2. The molecule has 0 unspecified atom stereocenters. The summed E-state index contributed by atoms with van der Waals surface area (Å²) in [5, 5.41) is 2.89. The molecule has 130 valence electrons. The van der Waals surface area contributed by atoms with Gasteiger partial charge in [-0.3, -0.25) is 9.59 Å². The number of rotatable bonds is 6. The lowest BCUT2D eigenvalue weighted by atomic mass is 10.1. The predicted octanol–water partition coefficient (Wildman–Crippen LogP) is 2.57. The maximum atomic E-state index is 12.2. The average molecular weight is 355 g/mol. The number of aromatic amines is 1. The van der Waals surface area contributed by atoms with Crippen molar-refractivity contribution in [1.82, 2.24) is 15.2 Å². The maximum absolute atomic E-state index is 12.2. The van der Waals surface area contributed by atoms with Gasteiger partial charge in [0.25, 0.3) is 5.91 Å². The fourth-order valence-electron chi connectivity index (χ4n) is 3.05. The van der Waals surface area contributed by atoms with Crippen LogP contribution in [0.4, 0.5) is 0 Å². The number of carbonyl (C=O) groups is 2. The molecule has 0 radical (unpaired) electrons. The van der Waals surface area contributed by atoms with Crippen LogP contribution in [0.15, 0.2) is 48.7 Å². The normalized spacial score (nSPS) is 16.9. The van der Waals surface area contributed by atoms with Crippen LogP contribution in [0.3, 0.4) is 0 Å². The number of likely N-dealkylation sites (tertiary alicyclic amines) is 1. The molecule has 2 amide bonds. The molecule has 5 nitrogen and oxygen atoms in total. The Morgan fingerprint density at radius 3 is 2.80 bits per heavy atom. The van der Waals surface area contributed by atoms with Gasteiger partial charge in [-0.05, 0) is 24.1 Å². The smallest absolute Gasteiger partial charge is 0.254 e. The number of hydrogen-bond acceptors (Lipinski definition) is 3. The Hall–Kier alpha value is -2.47. The molecule has 3 rings (SSSR count). The van der Waals surface area contributed by atoms with Gasteiger partial charge in [-0.25, -0.2) is 0 Å². The number of benzene rings is 1. The second kappa shape index (κ2) is 8.07. The van der Waals surface area contributed by atoms with Crippen LogP contribution in [0.5, 0.6) is 0 Å². The fraction of sp³-hybridized carbons (Fsp3) is 0.316. The van der Waals surface area contributed by atoms with Gasteiger partial charge in [0, 0.05) is 38.2 Å². The van der Waals surface area contributed by atoms with E-state index in [9.17, 15) is 9.59 Å². The van der Waals surface area contributed by atoms with Crippen molar-refractivity contribution < 1.29 is 9.59 Å². The molecule has 0 aliphatic carbocycles. The van der Waals surface area contributed by atoms with E-state index in [1.54, 1.807) is 18.3 Å². The van der Waals surface area contributed by atoms with Gasteiger partial charge >= 0.3 is 0 Å². The summed E-state index contributed by atoms with van der Waals surface area (Å²) in [5.74, 6) is 0.109. The SMILES string of the molecule is O=C(NC[C@H]1CC(=O)N(CCc2ccccc2)C1)c1ccc[nH]c1=S. The third kappa shape index (κ3) is 4.54. The lowest BCUT2D eigenvalue weighted by Crippen LogP contribution is -2.32. The summed E-state index contributed by atoms with van der Waals surface area (Å²) < 4.78 is 0.423. The Balaban J connectivity index is 1.48. The highest BCUT2D eigenvalue weighted by atomic mass is 32.1. The molecule has 1 aromatic carbocycles. The quantitative estimate of drug-likeness (QED) is 0.783. The summed E-state index contributed by atoms with van der Waals surface area (Å²) in [6.07, 6.45) is 3.03. The van der Waals surface area contributed by atoms with E-state index < -0.39 is 0 Å². The zero-order chi connectivity index (χ0) is 17.6. The Morgan fingerprint density at radius 2 is 2.04 bits per heavy atom. The third-order valence-electron chi connectivity index (χ3n) is 4.42. The monoisotopic (exact) mass is 355 g/mol. The van der Waals surface area contributed by atoms with E-state index in [0.717, 1.165) is 13.0 Å². The number of nitrogens with zero attached hydrogens (tertiary/aromatic N) is 1. The summed E-state index contributed by atoms with van der Waals surface area (Å²) >= 11 is 5.12. The number of carbonyl (C=O) groups excluding carboxylic acids is 2. The zero-order valence-electron chi connectivity index (χ0n) is 13.9. The molecule has 1 saturated heterocycles. The van der Waals surface area contributed by atoms with Gasteiger partial charge in [-0.2, -0.15) is 0 Å². The molecule has 1 aliphatic heterocycles. The van der Waals surface area contributed by atoms with Crippen LogP contribution in [0.2, 0.25) is 0 Å². The summed E-state index contributed by atoms with van der Waals surface area (Å²) in [7, 11) is 0.